The summed E-state index contributed by atoms with van der Waals surface area (Å²) in [6.45, 7) is 13.2. The Morgan fingerprint density at radius 1 is 1.15 bits per heavy atom. The molecule has 0 atom stereocenters. The minimum atomic E-state index is 0. The Hall–Kier alpha value is -0.882. The Bertz CT molecular complexity index is 597. The van der Waals surface area contributed by atoms with Crippen LogP contribution in [-0.2, 0) is 27.5 Å². The molecule has 0 amide bonds. The molecule has 2 rings (SSSR count). The largest absolute Gasteiger partial charge is 0.270 e. The summed E-state index contributed by atoms with van der Waals surface area (Å²) in [5, 5.41) is 4.48. The van der Waals surface area contributed by atoms with Crippen LogP contribution in [-0.4, -0.2) is 9.78 Å². The Kier molecular flexibility index (Phi) is 5.77. The summed E-state index contributed by atoms with van der Waals surface area (Å²) in [6.07, 6.45) is 5.24. The Balaban J connectivity index is 0.00000200. The smallest absolute Gasteiger partial charge is 0.0568 e. The molecule has 0 fully saturated rings. The second-order valence-electron chi connectivity index (χ2n) is 5.65. The third kappa shape index (κ3) is 3.06. The normalized spacial score (nSPS) is 10.8. The molecule has 0 N–H and O–H groups in total. The molecule has 20 heavy (non-hydrogen) atoms. The topological polar surface area (TPSA) is 17.8 Å². The van der Waals surface area contributed by atoms with E-state index >= 15 is 0 Å². The molecule has 1 heterocycles. The molecule has 0 spiro atoms. The number of hydrogen-bond acceptors (Lipinski definition) is 1. The second-order valence-corrected chi connectivity index (χ2v) is 5.65. The average molecular weight is 451 g/mol. The van der Waals surface area contributed by atoms with Gasteiger partial charge in [-0.3, -0.25) is 4.68 Å². The summed E-state index contributed by atoms with van der Waals surface area (Å²) >= 11 is 0. The van der Waals surface area contributed by atoms with E-state index in [-0.39, 0.29) is 21.1 Å². The molecule has 0 aliphatic heterocycles. The fraction of sp³-hybridized carbons (Fsp3) is 0.471. The van der Waals surface area contributed by atoms with Gasteiger partial charge < -0.3 is 0 Å². The summed E-state index contributed by atoms with van der Waals surface area (Å²) < 4.78 is 2.03. The predicted molar refractivity (Wildman–Crippen MR) is 81.6 cm³/mol. The molecule has 2 aromatic rings. The monoisotopic (exact) mass is 451 g/mol. The summed E-state index contributed by atoms with van der Waals surface area (Å²) in [4.78, 5) is 0. The van der Waals surface area contributed by atoms with Crippen molar-refractivity contribution >= 4 is 0 Å². The van der Waals surface area contributed by atoms with Crippen LogP contribution in [0.2, 0.25) is 0 Å². The minimum Gasteiger partial charge on any atom is -0.270 e. The van der Waals surface area contributed by atoms with Gasteiger partial charge in [-0.05, 0) is 68.9 Å². The van der Waals surface area contributed by atoms with Crippen LogP contribution < -0.4 is 0 Å². The number of aromatic nitrogens is 2. The SMILES string of the molecule is CCc1c(C)cc(C)c(C)c1-c1cnn(C(C)C)c1.[Pt]. The van der Waals surface area contributed by atoms with Gasteiger partial charge in [-0.15, -0.1) is 0 Å². The van der Waals surface area contributed by atoms with E-state index in [0.717, 1.165) is 6.42 Å². The second kappa shape index (κ2) is 6.72. The molecule has 3 heteroatoms. The van der Waals surface area contributed by atoms with Gasteiger partial charge in [0, 0.05) is 38.9 Å². The molecule has 0 saturated carbocycles. The maximum atomic E-state index is 4.48. The standard InChI is InChI=1S/C17H24N2.Pt/c1-7-16-13(5)8-12(4)14(6)17(16)15-9-18-19(10-15)11(2)3;/h8-11H,7H2,1-6H3;. The number of aryl methyl sites for hydroxylation is 2. The van der Waals surface area contributed by atoms with Crippen LogP contribution in [0.15, 0.2) is 18.5 Å². The van der Waals surface area contributed by atoms with Crippen molar-refractivity contribution in [2.24, 2.45) is 0 Å². The van der Waals surface area contributed by atoms with Crippen LogP contribution >= 0.6 is 0 Å². The van der Waals surface area contributed by atoms with Crippen LogP contribution in [0.4, 0.5) is 0 Å². The fourth-order valence-electron chi connectivity index (χ4n) is 2.74. The summed E-state index contributed by atoms with van der Waals surface area (Å²) in [5.74, 6) is 0. The van der Waals surface area contributed by atoms with Crippen molar-refractivity contribution in [1.82, 2.24) is 9.78 Å². The van der Waals surface area contributed by atoms with Crippen LogP contribution in [0, 0.1) is 20.8 Å². The fourth-order valence-corrected chi connectivity index (χ4v) is 2.74. The van der Waals surface area contributed by atoms with Gasteiger partial charge in [0.25, 0.3) is 0 Å². The first-order valence-electron chi connectivity index (χ1n) is 7.09. The quantitative estimate of drug-likeness (QED) is 0.666. The zero-order valence-corrected chi connectivity index (χ0v) is 15.5. The molecule has 0 aliphatic carbocycles. The first-order chi connectivity index (χ1) is 8.95. The summed E-state index contributed by atoms with van der Waals surface area (Å²) in [6, 6.07) is 2.70. The van der Waals surface area contributed by atoms with Crippen molar-refractivity contribution in [3.63, 3.8) is 0 Å². The zero-order chi connectivity index (χ0) is 14.2. The van der Waals surface area contributed by atoms with E-state index in [1.165, 1.54) is 33.4 Å². The number of benzene rings is 1. The van der Waals surface area contributed by atoms with E-state index < -0.39 is 0 Å². The number of nitrogens with zero attached hydrogens (tertiary/aromatic N) is 2. The summed E-state index contributed by atoms with van der Waals surface area (Å²) in [5.41, 5.74) is 8.21. The minimum absolute atomic E-state index is 0. The molecule has 0 aliphatic rings. The zero-order valence-electron chi connectivity index (χ0n) is 13.2. The van der Waals surface area contributed by atoms with Crippen molar-refractivity contribution in [2.75, 3.05) is 0 Å². The van der Waals surface area contributed by atoms with E-state index in [0.29, 0.717) is 6.04 Å². The third-order valence-electron chi connectivity index (χ3n) is 3.95. The molecule has 1 aromatic carbocycles. The van der Waals surface area contributed by atoms with Crippen molar-refractivity contribution < 1.29 is 21.1 Å². The molecule has 1 aromatic heterocycles. The van der Waals surface area contributed by atoms with Crippen molar-refractivity contribution in [3.05, 3.63) is 40.7 Å². The van der Waals surface area contributed by atoms with Gasteiger partial charge in [0.1, 0.15) is 0 Å². The Morgan fingerprint density at radius 3 is 2.30 bits per heavy atom. The van der Waals surface area contributed by atoms with Crippen LogP contribution in [0.1, 0.15) is 49.1 Å². The van der Waals surface area contributed by atoms with E-state index in [2.05, 4.69) is 58.9 Å². The van der Waals surface area contributed by atoms with E-state index in [1.807, 2.05) is 10.9 Å². The average Bonchev–Trinajstić information content (AvgIpc) is 2.82. The van der Waals surface area contributed by atoms with Gasteiger partial charge in [-0.1, -0.05) is 13.0 Å². The maximum absolute atomic E-state index is 4.48. The molecular weight excluding hydrogens is 427 g/mol. The first kappa shape index (κ1) is 17.2. The molecule has 2 nitrogen and oxygen atoms in total. The molecular formula is C17H24N2Pt. The van der Waals surface area contributed by atoms with Gasteiger partial charge >= 0.3 is 0 Å². The number of hydrogen-bond donors (Lipinski definition) is 0. The van der Waals surface area contributed by atoms with Gasteiger partial charge in [0.15, 0.2) is 0 Å². The van der Waals surface area contributed by atoms with Crippen LogP contribution in [0.3, 0.4) is 0 Å². The molecule has 0 unspecified atom stereocenters. The van der Waals surface area contributed by atoms with Gasteiger partial charge in [0.05, 0.1) is 6.20 Å². The molecule has 0 radical (unpaired) electrons. The van der Waals surface area contributed by atoms with Crippen LogP contribution in [0.5, 0.6) is 0 Å². The molecule has 0 saturated heterocycles. The molecule has 112 valence electrons. The Labute approximate surface area is 136 Å². The Morgan fingerprint density at radius 2 is 1.80 bits per heavy atom. The van der Waals surface area contributed by atoms with Crippen molar-refractivity contribution in [3.8, 4) is 11.1 Å². The molecule has 0 bridgehead atoms. The van der Waals surface area contributed by atoms with Crippen LogP contribution in [0.25, 0.3) is 11.1 Å². The van der Waals surface area contributed by atoms with E-state index in [9.17, 15) is 0 Å². The third-order valence-corrected chi connectivity index (χ3v) is 3.95. The number of rotatable bonds is 3. The predicted octanol–water partition coefficient (Wildman–Crippen LogP) is 4.62. The van der Waals surface area contributed by atoms with E-state index in [1.54, 1.807) is 0 Å². The van der Waals surface area contributed by atoms with Gasteiger partial charge in [0.2, 0.25) is 0 Å². The van der Waals surface area contributed by atoms with Gasteiger partial charge in [-0.2, -0.15) is 5.10 Å². The van der Waals surface area contributed by atoms with Crippen molar-refractivity contribution in [2.45, 2.75) is 54.0 Å². The van der Waals surface area contributed by atoms with E-state index in [4.69, 9.17) is 0 Å². The van der Waals surface area contributed by atoms with Gasteiger partial charge in [-0.25, -0.2) is 0 Å². The maximum Gasteiger partial charge on any atom is 0.0568 e. The van der Waals surface area contributed by atoms with Crippen molar-refractivity contribution in [1.29, 1.82) is 0 Å². The summed E-state index contributed by atoms with van der Waals surface area (Å²) in [7, 11) is 0. The first-order valence-corrected chi connectivity index (χ1v) is 7.09.